The van der Waals surface area contributed by atoms with Crippen LogP contribution in [0.5, 0.6) is 0 Å². The van der Waals surface area contributed by atoms with Crippen molar-refractivity contribution >= 4 is 29.7 Å². The van der Waals surface area contributed by atoms with E-state index in [1.165, 1.54) is 11.1 Å². The summed E-state index contributed by atoms with van der Waals surface area (Å²) in [6.07, 6.45) is 5.83. The normalized spacial score (nSPS) is 18.6. The third-order valence-electron chi connectivity index (χ3n) is 5.04. The van der Waals surface area contributed by atoms with Crippen LogP contribution in [0.15, 0.2) is 12.4 Å². The largest absolute Gasteiger partial charge is 0.381 e. The SMILES string of the molecule is CC(C=O)N1CCn2cc(-c3nc(NC4CCOCC4)ncc3Cl)nc2C1=O. The predicted octanol–water partition coefficient (Wildman–Crippen LogP) is 1.63. The monoisotopic (exact) mass is 404 g/mol. The van der Waals surface area contributed by atoms with Gasteiger partial charge in [-0.3, -0.25) is 4.79 Å². The second-order valence-corrected chi connectivity index (χ2v) is 7.35. The fraction of sp³-hybridized carbons (Fsp3) is 0.500. The Labute approximate surface area is 167 Å². The number of carbonyl (C=O) groups excluding carboxylic acids is 2. The average molecular weight is 405 g/mol. The number of halogens is 1. The van der Waals surface area contributed by atoms with Gasteiger partial charge < -0.3 is 24.3 Å². The Bertz CT molecular complexity index is 895. The molecule has 28 heavy (non-hydrogen) atoms. The van der Waals surface area contributed by atoms with Crippen LogP contribution in [-0.4, -0.2) is 68.5 Å². The van der Waals surface area contributed by atoms with Crippen LogP contribution in [0.25, 0.3) is 11.4 Å². The Kier molecular flexibility index (Phi) is 5.27. The highest BCUT2D eigenvalue weighted by atomic mass is 35.5. The molecule has 0 saturated carbocycles. The van der Waals surface area contributed by atoms with E-state index in [2.05, 4.69) is 20.3 Å². The van der Waals surface area contributed by atoms with Crippen LogP contribution in [0.4, 0.5) is 5.95 Å². The Morgan fingerprint density at radius 1 is 1.32 bits per heavy atom. The van der Waals surface area contributed by atoms with Crippen LogP contribution in [0.3, 0.4) is 0 Å². The third kappa shape index (κ3) is 3.59. The molecule has 1 N–H and O–H groups in total. The quantitative estimate of drug-likeness (QED) is 0.755. The number of nitrogens with zero attached hydrogens (tertiary/aromatic N) is 5. The number of anilines is 1. The number of nitrogens with one attached hydrogen (secondary N) is 1. The van der Waals surface area contributed by atoms with Gasteiger partial charge in [0.1, 0.15) is 17.7 Å². The average Bonchev–Trinajstić information content (AvgIpc) is 3.15. The lowest BCUT2D eigenvalue weighted by molar-refractivity contribution is -0.111. The van der Waals surface area contributed by atoms with E-state index in [4.69, 9.17) is 16.3 Å². The number of fused-ring (bicyclic) bond motifs is 1. The summed E-state index contributed by atoms with van der Waals surface area (Å²) in [5, 5.41) is 3.67. The number of aromatic nitrogens is 4. The molecule has 0 bridgehead atoms. The number of hydrogen-bond donors (Lipinski definition) is 1. The van der Waals surface area contributed by atoms with Crippen molar-refractivity contribution in [3.8, 4) is 11.4 Å². The van der Waals surface area contributed by atoms with Crippen molar-refractivity contribution in [2.75, 3.05) is 25.1 Å². The fourth-order valence-electron chi connectivity index (χ4n) is 3.42. The van der Waals surface area contributed by atoms with Gasteiger partial charge in [-0.25, -0.2) is 15.0 Å². The smallest absolute Gasteiger partial charge is 0.290 e. The van der Waals surface area contributed by atoms with Crippen molar-refractivity contribution in [3.05, 3.63) is 23.2 Å². The number of amides is 1. The van der Waals surface area contributed by atoms with Gasteiger partial charge in [-0.1, -0.05) is 11.6 Å². The van der Waals surface area contributed by atoms with Gasteiger partial charge in [-0.05, 0) is 19.8 Å². The van der Waals surface area contributed by atoms with Crippen LogP contribution in [0.1, 0.15) is 30.4 Å². The Morgan fingerprint density at radius 2 is 2.11 bits per heavy atom. The summed E-state index contributed by atoms with van der Waals surface area (Å²) in [4.78, 5) is 38.5. The summed E-state index contributed by atoms with van der Waals surface area (Å²) in [6.45, 7) is 4.13. The standard InChI is InChI=1S/C18H21ClN6O3/c1-11(10-26)25-5-4-24-9-14(22-16(24)17(25)27)15-13(19)8-20-18(23-15)21-12-2-6-28-7-3-12/h8-12H,2-7H2,1H3,(H,20,21,23). The number of rotatable bonds is 5. The van der Waals surface area contributed by atoms with Crippen LogP contribution < -0.4 is 5.32 Å². The van der Waals surface area contributed by atoms with Crippen LogP contribution in [0.2, 0.25) is 5.02 Å². The Balaban J connectivity index is 1.60. The molecule has 0 spiro atoms. The van der Waals surface area contributed by atoms with Crippen molar-refractivity contribution in [3.63, 3.8) is 0 Å². The highest BCUT2D eigenvalue weighted by Crippen LogP contribution is 2.27. The summed E-state index contributed by atoms with van der Waals surface area (Å²) < 4.78 is 7.14. The molecule has 1 atom stereocenters. The molecule has 1 unspecified atom stereocenters. The first-order valence-corrected chi connectivity index (χ1v) is 9.65. The minimum atomic E-state index is -0.487. The minimum absolute atomic E-state index is 0.248. The molecule has 4 rings (SSSR count). The molecule has 1 amide bonds. The third-order valence-corrected chi connectivity index (χ3v) is 5.32. The molecule has 2 aliphatic heterocycles. The van der Waals surface area contributed by atoms with Crippen molar-refractivity contribution in [1.29, 1.82) is 0 Å². The van der Waals surface area contributed by atoms with E-state index in [1.54, 1.807) is 17.7 Å². The predicted molar refractivity (Wildman–Crippen MR) is 102 cm³/mol. The van der Waals surface area contributed by atoms with Crippen molar-refractivity contribution in [2.45, 2.75) is 38.4 Å². The van der Waals surface area contributed by atoms with Gasteiger partial charge in [0.15, 0.2) is 5.82 Å². The van der Waals surface area contributed by atoms with E-state index in [0.29, 0.717) is 48.7 Å². The number of hydrogen-bond acceptors (Lipinski definition) is 7. The lowest BCUT2D eigenvalue weighted by Gasteiger charge is -2.29. The molecule has 2 aromatic rings. The van der Waals surface area contributed by atoms with E-state index in [1.807, 2.05) is 0 Å². The van der Waals surface area contributed by atoms with E-state index in [9.17, 15) is 9.59 Å². The maximum atomic E-state index is 12.7. The molecule has 1 fully saturated rings. The first-order valence-electron chi connectivity index (χ1n) is 9.27. The highest BCUT2D eigenvalue weighted by molar-refractivity contribution is 6.32. The maximum Gasteiger partial charge on any atom is 0.290 e. The second-order valence-electron chi connectivity index (χ2n) is 6.94. The molecule has 9 nitrogen and oxygen atoms in total. The summed E-state index contributed by atoms with van der Waals surface area (Å²) >= 11 is 6.31. The lowest BCUT2D eigenvalue weighted by atomic mass is 10.1. The summed E-state index contributed by atoms with van der Waals surface area (Å²) in [7, 11) is 0. The molecule has 0 aromatic carbocycles. The Hall–Kier alpha value is -2.52. The van der Waals surface area contributed by atoms with E-state index in [-0.39, 0.29) is 17.8 Å². The molecule has 1 saturated heterocycles. The summed E-state index contributed by atoms with van der Waals surface area (Å²) in [6, 6.07) is -0.239. The van der Waals surface area contributed by atoms with Gasteiger partial charge in [0.2, 0.25) is 5.95 Å². The zero-order chi connectivity index (χ0) is 19.7. The van der Waals surface area contributed by atoms with Gasteiger partial charge >= 0.3 is 0 Å². The zero-order valence-corrected chi connectivity index (χ0v) is 16.2. The number of ether oxygens (including phenoxy) is 1. The van der Waals surface area contributed by atoms with E-state index >= 15 is 0 Å². The molecule has 0 radical (unpaired) electrons. The molecule has 4 heterocycles. The van der Waals surface area contributed by atoms with E-state index < -0.39 is 6.04 Å². The lowest BCUT2D eigenvalue weighted by Crippen LogP contribution is -2.46. The first-order chi connectivity index (χ1) is 13.6. The van der Waals surface area contributed by atoms with E-state index in [0.717, 1.165) is 19.1 Å². The van der Waals surface area contributed by atoms with Crippen molar-refractivity contribution < 1.29 is 14.3 Å². The van der Waals surface area contributed by atoms with Crippen LogP contribution >= 0.6 is 11.6 Å². The molecule has 148 valence electrons. The topological polar surface area (TPSA) is 102 Å². The molecular weight excluding hydrogens is 384 g/mol. The van der Waals surface area contributed by atoms with Crippen molar-refractivity contribution in [1.82, 2.24) is 24.4 Å². The molecule has 0 aliphatic carbocycles. The first kappa shape index (κ1) is 18.8. The van der Waals surface area contributed by atoms with Gasteiger partial charge in [0.25, 0.3) is 5.91 Å². The Morgan fingerprint density at radius 3 is 2.86 bits per heavy atom. The zero-order valence-electron chi connectivity index (χ0n) is 15.5. The summed E-state index contributed by atoms with van der Waals surface area (Å²) in [5.74, 6) is 0.478. The highest BCUT2D eigenvalue weighted by Gasteiger charge is 2.30. The van der Waals surface area contributed by atoms with Gasteiger partial charge in [0.05, 0.1) is 17.3 Å². The molecule has 2 aliphatic rings. The molecule has 2 aromatic heterocycles. The van der Waals surface area contributed by atoms with Crippen LogP contribution in [0, 0.1) is 0 Å². The fourth-order valence-corrected chi connectivity index (χ4v) is 3.61. The molecule has 10 heteroatoms. The van der Waals surface area contributed by atoms with Gasteiger partial charge in [0, 0.05) is 38.5 Å². The number of imidazole rings is 1. The second kappa shape index (κ2) is 7.84. The number of aldehydes is 1. The van der Waals surface area contributed by atoms with Gasteiger partial charge in [-0.15, -0.1) is 0 Å². The maximum absolute atomic E-state index is 12.7. The van der Waals surface area contributed by atoms with Gasteiger partial charge in [-0.2, -0.15) is 0 Å². The number of carbonyl (C=O) groups is 2. The van der Waals surface area contributed by atoms with Crippen molar-refractivity contribution in [2.24, 2.45) is 0 Å². The summed E-state index contributed by atoms with van der Waals surface area (Å²) in [5.41, 5.74) is 0.974. The minimum Gasteiger partial charge on any atom is -0.381 e. The van der Waals surface area contributed by atoms with Crippen LogP contribution in [-0.2, 0) is 16.1 Å². The molecular formula is C18H21ClN6O3.